The van der Waals surface area contributed by atoms with Gasteiger partial charge in [-0.25, -0.2) is 4.39 Å². The molecular weight excluding hydrogens is 243 g/mol. The maximum absolute atomic E-state index is 13.0. The van der Waals surface area contributed by atoms with Crippen LogP contribution < -0.4 is 0 Å². The highest BCUT2D eigenvalue weighted by molar-refractivity contribution is 6.30. The van der Waals surface area contributed by atoms with Crippen LogP contribution >= 0.6 is 11.6 Å². The Kier molecular flexibility index (Phi) is 4.02. The Morgan fingerprint density at radius 2 is 2.29 bits per heavy atom. The molecule has 1 heterocycles. The predicted molar refractivity (Wildman–Crippen MR) is 64.7 cm³/mol. The number of aliphatic hydroxyl groups excluding tert-OH is 1. The quantitative estimate of drug-likeness (QED) is 0.903. The van der Waals surface area contributed by atoms with E-state index in [1.54, 1.807) is 12.1 Å². The number of ether oxygens (including phenoxy) is 1. The van der Waals surface area contributed by atoms with Gasteiger partial charge in [-0.1, -0.05) is 17.7 Å². The molecule has 0 bridgehead atoms. The molecule has 2 nitrogen and oxygen atoms in total. The third-order valence-electron chi connectivity index (χ3n) is 3.30. The molecule has 0 amide bonds. The predicted octanol–water partition coefficient (Wildman–Crippen LogP) is 2.81. The van der Waals surface area contributed by atoms with Gasteiger partial charge < -0.3 is 9.84 Å². The minimum absolute atomic E-state index is 0.0853. The van der Waals surface area contributed by atoms with E-state index in [-0.39, 0.29) is 17.0 Å². The first-order chi connectivity index (χ1) is 8.15. The van der Waals surface area contributed by atoms with Crippen LogP contribution in [0.5, 0.6) is 0 Å². The summed E-state index contributed by atoms with van der Waals surface area (Å²) in [5, 5.41) is 9.67. The molecule has 1 aromatic carbocycles. The van der Waals surface area contributed by atoms with Crippen molar-refractivity contribution in [3.8, 4) is 0 Å². The molecule has 1 fully saturated rings. The fourth-order valence-electron chi connectivity index (χ4n) is 2.31. The summed E-state index contributed by atoms with van der Waals surface area (Å²) in [4.78, 5) is 0. The highest BCUT2D eigenvalue weighted by atomic mass is 35.5. The molecule has 1 unspecified atom stereocenters. The highest BCUT2D eigenvalue weighted by Gasteiger charge is 2.32. The molecule has 0 aromatic heterocycles. The standard InChI is InChI=1S/C13H16ClFO2/c14-11-6-10(2-3-12(11)15)7-13(8-16)4-1-5-17-9-13/h2-3,6,16H,1,4-5,7-9H2. The van der Waals surface area contributed by atoms with Crippen LogP contribution in [0, 0.1) is 11.2 Å². The lowest BCUT2D eigenvalue weighted by atomic mass is 9.78. The van der Waals surface area contributed by atoms with E-state index >= 15 is 0 Å². The highest BCUT2D eigenvalue weighted by Crippen LogP contribution is 2.32. The van der Waals surface area contributed by atoms with E-state index in [9.17, 15) is 9.50 Å². The molecule has 94 valence electrons. The second-order valence-corrected chi connectivity index (χ2v) is 5.15. The van der Waals surface area contributed by atoms with Crippen LogP contribution in [-0.2, 0) is 11.2 Å². The van der Waals surface area contributed by atoms with Crippen LogP contribution in [0.2, 0.25) is 5.02 Å². The van der Waals surface area contributed by atoms with Gasteiger partial charge in [-0.2, -0.15) is 0 Å². The van der Waals surface area contributed by atoms with Gasteiger partial charge in [0.2, 0.25) is 0 Å². The second kappa shape index (κ2) is 5.34. The van der Waals surface area contributed by atoms with Crippen molar-refractivity contribution in [2.45, 2.75) is 19.3 Å². The monoisotopic (exact) mass is 258 g/mol. The summed E-state index contributed by atoms with van der Waals surface area (Å²) >= 11 is 5.75. The van der Waals surface area contributed by atoms with Crippen molar-refractivity contribution in [2.75, 3.05) is 19.8 Å². The van der Waals surface area contributed by atoms with Crippen LogP contribution in [0.15, 0.2) is 18.2 Å². The summed E-state index contributed by atoms with van der Waals surface area (Å²) in [6.07, 6.45) is 2.55. The van der Waals surface area contributed by atoms with Crippen LogP contribution in [0.1, 0.15) is 18.4 Å². The SMILES string of the molecule is OCC1(Cc2ccc(F)c(Cl)c2)CCCOC1. The molecule has 1 aliphatic rings. The Hall–Kier alpha value is -0.640. The number of rotatable bonds is 3. The molecular formula is C13H16ClFO2. The van der Waals surface area contributed by atoms with Crippen molar-refractivity contribution in [3.05, 3.63) is 34.6 Å². The molecule has 17 heavy (non-hydrogen) atoms. The van der Waals surface area contributed by atoms with Crippen molar-refractivity contribution in [2.24, 2.45) is 5.41 Å². The molecule has 0 spiro atoms. The largest absolute Gasteiger partial charge is 0.396 e. The van der Waals surface area contributed by atoms with E-state index in [4.69, 9.17) is 16.3 Å². The van der Waals surface area contributed by atoms with E-state index < -0.39 is 5.82 Å². The zero-order chi connectivity index (χ0) is 12.3. The maximum Gasteiger partial charge on any atom is 0.141 e. The molecule has 0 saturated carbocycles. The summed E-state index contributed by atoms with van der Waals surface area (Å²) < 4.78 is 18.5. The lowest BCUT2D eigenvalue weighted by molar-refractivity contribution is -0.0378. The molecule has 1 aromatic rings. The zero-order valence-corrected chi connectivity index (χ0v) is 10.3. The van der Waals surface area contributed by atoms with Gasteiger partial charge >= 0.3 is 0 Å². The van der Waals surface area contributed by atoms with E-state index in [1.807, 2.05) is 0 Å². The topological polar surface area (TPSA) is 29.5 Å². The average Bonchev–Trinajstić information content (AvgIpc) is 2.35. The van der Waals surface area contributed by atoms with Crippen molar-refractivity contribution in [1.29, 1.82) is 0 Å². The normalized spacial score (nSPS) is 24.9. The second-order valence-electron chi connectivity index (χ2n) is 4.74. The molecule has 0 radical (unpaired) electrons. The number of halogens is 2. The summed E-state index contributed by atoms with van der Waals surface area (Å²) in [7, 11) is 0. The fourth-order valence-corrected chi connectivity index (χ4v) is 2.52. The van der Waals surface area contributed by atoms with Crippen molar-refractivity contribution >= 4 is 11.6 Å². The number of hydrogen-bond donors (Lipinski definition) is 1. The Balaban J connectivity index is 2.14. The van der Waals surface area contributed by atoms with Crippen LogP contribution in [-0.4, -0.2) is 24.9 Å². The van der Waals surface area contributed by atoms with Crippen LogP contribution in [0.4, 0.5) is 4.39 Å². The number of hydrogen-bond acceptors (Lipinski definition) is 2. The van der Waals surface area contributed by atoms with E-state index in [0.717, 1.165) is 25.0 Å². The van der Waals surface area contributed by atoms with Gasteiger partial charge in [-0.05, 0) is 37.0 Å². The summed E-state index contributed by atoms with van der Waals surface area (Å²) in [6.45, 7) is 1.40. The zero-order valence-electron chi connectivity index (χ0n) is 9.59. The molecule has 2 rings (SSSR count). The van der Waals surface area contributed by atoms with Crippen molar-refractivity contribution in [1.82, 2.24) is 0 Å². The maximum atomic E-state index is 13.0. The first kappa shape index (κ1) is 12.8. The molecule has 1 saturated heterocycles. The Bertz CT molecular complexity index is 389. The molecule has 1 aliphatic heterocycles. The van der Waals surface area contributed by atoms with E-state index in [1.165, 1.54) is 6.07 Å². The van der Waals surface area contributed by atoms with Gasteiger partial charge in [0, 0.05) is 12.0 Å². The number of benzene rings is 1. The van der Waals surface area contributed by atoms with Gasteiger partial charge in [0.25, 0.3) is 0 Å². The van der Waals surface area contributed by atoms with Crippen LogP contribution in [0.3, 0.4) is 0 Å². The Morgan fingerprint density at radius 3 is 2.88 bits per heavy atom. The van der Waals surface area contributed by atoms with E-state index in [0.29, 0.717) is 13.0 Å². The molecule has 4 heteroatoms. The van der Waals surface area contributed by atoms with Gasteiger partial charge in [0.1, 0.15) is 5.82 Å². The lowest BCUT2D eigenvalue weighted by Crippen LogP contribution is -2.37. The number of aliphatic hydroxyl groups is 1. The van der Waals surface area contributed by atoms with E-state index in [2.05, 4.69) is 0 Å². The van der Waals surface area contributed by atoms with Crippen molar-refractivity contribution < 1.29 is 14.2 Å². The van der Waals surface area contributed by atoms with Gasteiger partial charge in [0.15, 0.2) is 0 Å². The van der Waals surface area contributed by atoms with Gasteiger partial charge in [-0.3, -0.25) is 0 Å². The average molecular weight is 259 g/mol. The summed E-state index contributed by atoms with van der Waals surface area (Å²) in [5.74, 6) is -0.409. The first-order valence-corrected chi connectivity index (χ1v) is 6.16. The minimum Gasteiger partial charge on any atom is -0.396 e. The van der Waals surface area contributed by atoms with Gasteiger partial charge in [0.05, 0.1) is 18.2 Å². The summed E-state index contributed by atoms with van der Waals surface area (Å²) in [6, 6.07) is 4.71. The molecule has 1 N–H and O–H groups in total. The third kappa shape index (κ3) is 2.97. The fraction of sp³-hybridized carbons (Fsp3) is 0.538. The first-order valence-electron chi connectivity index (χ1n) is 5.78. The Labute approximate surface area is 105 Å². The molecule has 0 aliphatic carbocycles. The van der Waals surface area contributed by atoms with Gasteiger partial charge in [-0.15, -0.1) is 0 Å². The smallest absolute Gasteiger partial charge is 0.141 e. The summed E-state index contributed by atoms with van der Waals surface area (Å²) in [5.41, 5.74) is 0.704. The Morgan fingerprint density at radius 1 is 1.47 bits per heavy atom. The van der Waals surface area contributed by atoms with Crippen LogP contribution in [0.25, 0.3) is 0 Å². The minimum atomic E-state index is -0.409. The lowest BCUT2D eigenvalue weighted by Gasteiger charge is -2.35. The van der Waals surface area contributed by atoms with Crippen molar-refractivity contribution in [3.63, 3.8) is 0 Å². The molecule has 1 atom stereocenters. The third-order valence-corrected chi connectivity index (χ3v) is 3.59.